The summed E-state index contributed by atoms with van der Waals surface area (Å²) in [6.07, 6.45) is 0. The number of hydrogen-bond acceptors (Lipinski definition) is 4. The minimum atomic E-state index is -0.554. The highest BCUT2D eigenvalue weighted by molar-refractivity contribution is 5.95. The first kappa shape index (κ1) is 23.1. The van der Waals surface area contributed by atoms with Gasteiger partial charge >= 0.3 is 0 Å². The molecule has 0 aliphatic heterocycles. The maximum absolute atomic E-state index is 12.9. The number of rotatable bonds is 7. The van der Waals surface area contributed by atoms with Gasteiger partial charge in [-0.25, -0.2) is 4.68 Å². The Kier molecular flexibility index (Phi) is 6.98. The molecule has 32 heavy (non-hydrogen) atoms. The molecule has 0 bridgehead atoms. The van der Waals surface area contributed by atoms with Crippen LogP contribution in [0, 0.1) is 5.41 Å². The number of carbonyl (C=O) groups excluding carboxylic acids is 2. The van der Waals surface area contributed by atoms with Gasteiger partial charge in [-0.15, -0.1) is 0 Å². The molecule has 1 aromatic heterocycles. The zero-order chi connectivity index (χ0) is 23.3. The molecule has 1 heterocycles. The first-order valence-electron chi connectivity index (χ1n) is 10.6. The first-order chi connectivity index (χ1) is 15.2. The number of benzene rings is 2. The van der Waals surface area contributed by atoms with E-state index in [9.17, 15) is 9.59 Å². The molecule has 2 aromatic carbocycles. The van der Waals surface area contributed by atoms with Gasteiger partial charge in [0.1, 0.15) is 11.6 Å². The summed E-state index contributed by atoms with van der Waals surface area (Å²) in [6, 6.07) is 19.0. The molecule has 7 heteroatoms. The summed E-state index contributed by atoms with van der Waals surface area (Å²) in [6.45, 7) is 7.84. The summed E-state index contributed by atoms with van der Waals surface area (Å²) in [7, 11) is 1.61. The number of nitrogens with one attached hydrogen (secondary N) is 1. The van der Waals surface area contributed by atoms with Gasteiger partial charge in [0.2, 0.25) is 11.8 Å². The number of hydrogen-bond donors (Lipinski definition) is 1. The van der Waals surface area contributed by atoms with Crippen molar-refractivity contribution in [3.63, 3.8) is 0 Å². The van der Waals surface area contributed by atoms with E-state index in [0.717, 1.165) is 22.7 Å². The van der Waals surface area contributed by atoms with Gasteiger partial charge in [0.25, 0.3) is 0 Å². The summed E-state index contributed by atoms with van der Waals surface area (Å²) in [5, 5.41) is 7.65. The van der Waals surface area contributed by atoms with Gasteiger partial charge in [-0.3, -0.25) is 9.59 Å². The molecular weight excluding hydrogens is 404 g/mol. The molecular formula is C25H30N4O3. The third-order valence-corrected chi connectivity index (χ3v) is 5.01. The Morgan fingerprint density at radius 3 is 2.28 bits per heavy atom. The molecule has 0 spiro atoms. The number of aromatic nitrogens is 2. The third kappa shape index (κ3) is 5.35. The number of amides is 2. The normalized spacial score (nSPS) is 11.2. The second-order valence-electron chi connectivity index (χ2n) is 8.51. The topological polar surface area (TPSA) is 76.5 Å². The fourth-order valence-electron chi connectivity index (χ4n) is 3.30. The van der Waals surface area contributed by atoms with Crippen LogP contribution in [0.3, 0.4) is 0 Å². The molecule has 0 atom stereocenters. The lowest BCUT2D eigenvalue weighted by Crippen LogP contribution is -2.43. The van der Waals surface area contributed by atoms with E-state index in [1.807, 2.05) is 88.4 Å². The highest BCUT2D eigenvalue weighted by Gasteiger charge is 2.28. The van der Waals surface area contributed by atoms with Crippen molar-refractivity contribution < 1.29 is 14.3 Å². The van der Waals surface area contributed by atoms with E-state index < -0.39 is 5.41 Å². The van der Waals surface area contributed by atoms with Crippen molar-refractivity contribution in [3.8, 4) is 22.7 Å². The number of nitrogens with zero attached hydrogens (tertiary/aromatic N) is 3. The van der Waals surface area contributed by atoms with E-state index >= 15 is 0 Å². The van der Waals surface area contributed by atoms with E-state index in [-0.39, 0.29) is 18.4 Å². The summed E-state index contributed by atoms with van der Waals surface area (Å²) in [4.78, 5) is 27.1. The van der Waals surface area contributed by atoms with Gasteiger partial charge in [-0.2, -0.15) is 5.10 Å². The Bertz CT molecular complexity index is 1070. The fraction of sp³-hybridized carbons (Fsp3) is 0.320. The van der Waals surface area contributed by atoms with Crippen molar-refractivity contribution in [2.75, 3.05) is 25.5 Å². The van der Waals surface area contributed by atoms with Gasteiger partial charge in [-0.1, -0.05) is 51.1 Å². The smallest absolute Gasteiger partial charge is 0.245 e. The predicted octanol–water partition coefficient (Wildman–Crippen LogP) is 4.38. The molecule has 3 rings (SSSR count). The molecule has 2 amide bonds. The van der Waals surface area contributed by atoms with Gasteiger partial charge in [-0.05, 0) is 31.2 Å². The molecule has 3 aromatic rings. The number of anilines is 1. The van der Waals surface area contributed by atoms with Crippen molar-refractivity contribution in [1.82, 2.24) is 14.7 Å². The minimum absolute atomic E-state index is 0.0267. The number of methoxy groups -OCH3 is 1. The second kappa shape index (κ2) is 9.68. The number of carbonyl (C=O) groups is 2. The standard InChI is InChI=1S/C25H30N4O3/c1-6-28(24(31)25(2,3)4)17-23(30)26-22-16-21(18-10-8-7-9-11-18)27-29(22)19-12-14-20(32-5)15-13-19/h7-16H,6,17H2,1-5H3,(H,26,30). The van der Waals surface area contributed by atoms with E-state index in [0.29, 0.717) is 12.4 Å². The van der Waals surface area contributed by atoms with Crippen LogP contribution in [-0.4, -0.2) is 46.7 Å². The fourth-order valence-corrected chi connectivity index (χ4v) is 3.30. The zero-order valence-corrected chi connectivity index (χ0v) is 19.3. The van der Waals surface area contributed by atoms with Gasteiger partial charge < -0.3 is 15.0 Å². The van der Waals surface area contributed by atoms with Gasteiger partial charge in [0.05, 0.1) is 25.0 Å². The highest BCUT2D eigenvalue weighted by Crippen LogP contribution is 2.26. The Morgan fingerprint density at radius 2 is 1.72 bits per heavy atom. The average Bonchev–Trinajstić information content (AvgIpc) is 3.20. The molecule has 7 nitrogen and oxygen atoms in total. The van der Waals surface area contributed by atoms with Crippen molar-refractivity contribution in [3.05, 3.63) is 60.7 Å². The molecule has 0 aliphatic rings. The van der Waals surface area contributed by atoms with Crippen LogP contribution >= 0.6 is 0 Å². The van der Waals surface area contributed by atoms with Crippen molar-refractivity contribution in [2.45, 2.75) is 27.7 Å². The SMILES string of the molecule is CCN(CC(=O)Nc1cc(-c2ccccc2)nn1-c1ccc(OC)cc1)C(=O)C(C)(C)C. The Morgan fingerprint density at radius 1 is 1.06 bits per heavy atom. The molecule has 0 unspecified atom stereocenters. The summed E-state index contributed by atoms with van der Waals surface area (Å²) in [5.74, 6) is 0.912. The second-order valence-corrected chi connectivity index (χ2v) is 8.51. The lowest BCUT2D eigenvalue weighted by Gasteiger charge is -2.28. The van der Waals surface area contributed by atoms with Crippen LogP contribution in [0.2, 0.25) is 0 Å². The Balaban J connectivity index is 1.90. The van der Waals surface area contributed by atoms with Gasteiger partial charge in [0.15, 0.2) is 0 Å². The lowest BCUT2D eigenvalue weighted by molar-refractivity contribution is -0.141. The molecule has 0 fully saturated rings. The van der Waals surface area contributed by atoms with Crippen LogP contribution in [0.5, 0.6) is 5.75 Å². The molecule has 168 valence electrons. The van der Waals surface area contributed by atoms with Gasteiger partial charge in [0, 0.05) is 23.6 Å². The minimum Gasteiger partial charge on any atom is -0.497 e. The third-order valence-electron chi connectivity index (χ3n) is 5.01. The molecule has 0 saturated heterocycles. The number of likely N-dealkylation sites (N-methyl/N-ethyl adjacent to an activating group) is 1. The maximum atomic E-state index is 12.9. The summed E-state index contributed by atoms with van der Waals surface area (Å²) in [5.41, 5.74) is 1.89. The molecule has 0 saturated carbocycles. The van der Waals surface area contributed by atoms with Crippen LogP contribution in [0.25, 0.3) is 16.9 Å². The Labute approximate surface area is 189 Å². The lowest BCUT2D eigenvalue weighted by atomic mass is 9.94. The first-order valence-corrected chi connectivity index (χ1v) is 10.6. The molecule has 1 N–H and O–H groups in total. The highest BCUT2D eigenvalue weighted by atomic mass is 16.5. The van der Waals surface area contributed by atoms with E-state index in [4.69, 9.17) is 9.84 Å². The van der Waals surface area contributed by atoms with E-state index in [1.54, 1.807) is 16.7 Å². The zero-order valence-electron chi connectivity index (χ0n) is 19.3. The summed E-state index contributed by atoms with van der Waals surface area (Å²) >= 11 is 0. The van der Waals surface area contributed by atoms with Crippen molar-refractivity contribution in [1.29, 1.82) is 0 Å². The van der Waals surface area contributed by atoms with Crippen LogP contribution in [0.4, 0.5) is 5.82 Å². The number of ether oxygens (including phenoxy) is 1. The van der Waals surface area contributed by atoms with E-state index in [1.165, 1.54) is 0 Å². The van der Waals surface area contributed by atoms with Crippen LogP contribution in [0.15, 0.2) is 60.7 Å². The van der Waals surface area contributed by atoms with Crippen LogP contribution in [-0.2, 0) is 9.59 Å². The van der Waals surface area contributed by atoms with E-state index in [2.05, 4.69) is 5.32 Å². The average molecular weight is 435 g/mol. The van der Waals surface area contributed by atoms with Crippen molar-refractivity contribution >= 4 is 17.6 Å². The largest absolute Gasteiger partial charge is 0.497 e. The Hall–Kier alpha value is -3.61. The van der Waals surface area contributed by atoms with Crippen LogP contribution < -0.4 is 10.1 Å². The summed E-state index contributed by atoms with van der Waals surface area (Å²) < 4.78 is 6.93. The quantitative estimate of drug-likeness (QED) is 0.599. The van der Waals surface area contributed by atoms with Crippen molar-refractivity contribution in [2.24, 2.45) is 5.41 Å². The predicted molar refractivity (Wildman–Crippen MR) is 126 cm³/mol. The monoisotopic (exact) mass is 434 g/mol. The van der Waals surface area contributed by atoms with Crippen LogP contribution in [0.1, 0.15) is 27.7 Å². The molecule has 0 aliphatic carbocycles. The molecule has 0 radical (unpaired) electrons. The maximum Gasteiger partial charge on any atom is 0.245 e.